The van der Waals surface area contributed by atoms with E-state index in [-0.39, 0.29) is 39.5 Å². The van der Waals surface area contributed by atoms with Crippen LogP contribution in [0.4, 0.5) is 5.69 Å². The highest BCUT2D eigenvalue weighted by Gasteiger charge is 2.34. The first-order valence-corrected chi connectivity index (χ1v) is 15.0. The quantitative estimate of drug-likeness (QED) is 0.264. The minimum absolute atomic E-state index is 0.0275. The number of nitrogens with one attached hydrogen (secondary N) is 1. The Morgan fingerprint density at radius 1 is 0.846 bits per heavy atom. The zero-order valence-electron chi connectivity index (χ0n) is 21.2. The van der Waals surface area contributed by atoms with E-state index in [4.69, 9.17) is 46.4 Å². The molecule has 0 saturated carbocycles. The first-order chi connectivity index (χ1) is 18.5. The van der Waals surface area contributed by atoms with E-state index < -0.39 is 28.5 Å². The number of halogens is 4. The van der Waals surface area contributed by atoms with Crippen molar-refractivity contribution in [1.82, 2.24) is 10.2 Å². The Morgan fingerprint density at radius 2 is 1.49 bits per heavy atom. The van der Waals surface area contributed by atoms with Crippen molar-refractivity contribution in [2.45, 2.75) is 37.8 Å². The van der Waals surface area contributed by atoms with Gasteiger partial charge in [-0.15, -0.1) is 0 Å². The van der Waals surface area contributed by atoms with Gasteiger partial charge in [0.15, 0.2) is 0 Å². The molecule has 0 bridgehead atoms. The van der Waals surface area contributed by atoms with Gasteiger partial charge < -0.3 is 10.2 Å². The Balaban J connectivity index is 2.11. The van der Waals surface area contributed by atoms with Crippen LogP contribution in [-0.4, -0.2) is 44.3 Å². The number of benzene rings is 3. The van der Waals surface area contributed by atoms with Gasteiger partial charge in [-0.25, -0.2) is 8.42 Å². The highest BCUT2D eigenvalue weighted by Crippen LogP contribution is 2.32. The largest absolute Gasteiger partial charge is 0.355 e. The van der Waals surface area contributed by atoms with Crippen LogP contribution in [0.15, 0.2) is 71.6 Å². The van der Waals surface area contributed by atoms with Gasteiger partial charge >= 0.3 is 0 Å². The number of anilines is 1. The molecule has 0 aliphatic heterocycles. The molecule has 7 nitrogen and oxygen atoms in total. The number of carbonyl (C=O) groups excluding carboxylic acids is 2. The molecule has 3 aromatic carbocycles. The van der Waals surface area contributed by atoms with Crippen molar-refractivity contribution in [3.63, 3.8) is 0 Å². The minimum Gasteiger partial charge on any atom is -0.355 e. The van der Waals surface area contributed by atoms with Gasteiger partial charge in [0, 0.05) is 28.7 Å². The maximum absolute atomic E-state index is 14.0. The van der Waals surface area contributed by atoms with Crippen molar-refractivity contribution in [3.05, 3.63) is 92.4 Å². The van der Waals surface area contributed by atoms with Gasteiger partial charge in [-0.1, -0.05) is 77.6 Å². The lowest BCUT2D eigenvalue weighted by atomic mass is 10.1. The lowest BCUT2D eigenvalue weighted by Gasteiger charge is -2.33. The van der Waals surface area contributed by atoms with E-state index in [9.17, 15) is 18.0 Å². The van der Waals surface area contributed by atoms with Crippen molar-refractivity contribution < 1.29 is 18.0 Å². The summed E-state index contributed by atoms with van der Waals surface area (Å²) in [6.45, 7) is 3.12. The molecule has 0 saturated heterocycles. The van der Waals surface area contributed by atoms with E-state index in [2.05, 4.69) is 5.32 Å². The second-order valence-corrected chi connectivity index (χ2v) is 12.0. The monoisotopic (exact) mass is 629 g/mol. The summed E-state index contributed by atoms with van der Waals surface area (Å²) < 4.78 is 28.5. The molecule has 0 spiro atoms. The highest BCUT2D eigenvalue weighted by molar-refractivity contribution is 7.92. The van der Waals surface area contributed by atoms with Gasteiger partial charge in [-0.3, -0.25) is 13.9 Å². The molecule has 208 valence electrons. The maximum Gasteiger partial charge on any atom is 0.264 e. The number of hydrogen-bond acceptors (Lipinski definition) is 4. The van der Waals surface area contributed by atoms with E-state index in [0.29, 0.717) is 22.2 Å². The van der Waals surface area contributed by atoms with Crippen LogP contribution in [0.2, 0.25) is 20.1 Å². The fourth-order valence-corrected chi connectivity index (χ4v) is 6.19. The smallest absolute Gasteiger partial charge is 0.264 e. The molecule has 2 amide bonds. The molecule has 0 aliphatic rings. The number of amides is 2. The molecule has 3 rings (SSSR count). The van der Waals surface area contributed by atoms with E-state index >= 15 is 0 Å². The third-order valence-electron chi connectivity index (χ3n) is 5.93. The molecule has 0 unspecified atom stereocenters. The fourth-order valence-electron chi connectivity index (χ4n) is 3.95. The lowest BCUT2D eigenvalue weighted by Crippen LogP contribution is -2.52. The van der Waals surface area contributed by atoms with Gasteiger partial charge in [0.05, 0.1) is 20.6 Å². The molecule has 12 heteroatoms. The Kier molecular flexibility index (Phi) is 10.9. The topological polar surface area (TPSA) is 86.8 Å². The van der Waals surface area contributed by atoms with Crippen LogP contribution in [0.1, 0.15) is 25.8 Å². The Morgan fingerprint density at radius 3 is 2.05 bits per heavy atom. The van der Waals surface area contributed by atoms with Crippen LogP contribution in [0.5, 0.6) is 0 Å². The average molecular weight is 631 g/mol. The molecule has 39 heavy (non-hydrogen) atoms. The second kappa shape index (κ2) is 13.7. The van der Waals surface area contributed by atoms with Crippen LogP contribution in [0, 0.1) is 0 Å². The summed E-state index contributed by atoms with van der Waals surface area (Å²) >= 11 is 25.1. The molecule has 0 heterocycles. The average Bonchev–Trinajstić information content (AvgIpc) is 2.91. The van der Waals surface area contributed by atoms with Crippen molar-refractivity contribution in [2.24, 2.45) is 0 Å². The van der Waals surface area contributed by atoms with Crippen LogP contribution in [0.3, 0.4) is 0 Å². The standard InChI is InChI=1S/C27H27Cl4N3O4S/c1-3-25(27(36)32-4-2)33(16-20-21(28)11-8-12-22(20)29)26(35)17-34(18-13-14-23(30)24(31)15-18)39(37,38)19-9-6-5-7-10-19/h5-15,25H,3-4,16-17H2,1-2H3,(H,32,36)/t25-/m1/s1. The lowest BCUT2D eigenvalue weighted by molar-refractivity contribution is -0.140. The van der Waals surface area contributed by atoms with E-state index in [1.807, 2.05) is 0 Å². The van der Waals surface area contributed by atoms with Gasteiger partial charge in [-0.05, 0) is 55.8 Å². The summed E-state index contributed by atoms with van der Waals surface area (Å²) in [5, 5.41) is 3.70. The van der Waals surface area contributed by atoms with Crippen molar-refractivity contribution >= 4 is 73.9 Å². The van der Waals surface area contributed by atoms with Crippen molar-refractivity contribution in [2.75, 3.05) is 17.4 Å². The molecule has 3 aromatic rings. The van der Waals surface area contributed by atoms with E-state index in [0.717, 1.165) is 4.31 Å². The molecule has 1 N–H and O–H groups in total. The van der Waals surface area contributed by atoms with Gasteiger partial charge in [0.25, 0.3) is 10.0 Å². The maximum atomic E-state index is 14.0. The second-order valence-electron chi connectivity index (χ2n) is 8.46. The fraction of sp³-hybridized carbons (Fsp3) is 0.259. The van der Waals surface area contributed by atoms with Crippen LogP contribution < -0.4 is 9.62 Å². The SMILES string of the molecule is CCNC(=O)[C@@H](CC)N(Cc1c(Cl)cccc1Cl)C(=O)CN(c1ccc(Cl)c(Cl)c1)S(=O)(=O)c1ccccc1. The highest BCUT2D eigenvalue weighted by atomic mass is 35.5. The summed E-state index contributed by atoms with van der Waals surface area (Å²) in [7, 11) is -4.23. The van der Waals surface area contributed by atoms with Crippen LogP contribution >= 0.6 is 46.4 Å². The van der Waals surface area contributed by atoms with E-state index in [1.54, 1.807) is 50.2 Å². The minimum atomic E-state index is -4.23. The first kappa shape index (κ1) is 31.0. The predicted octanol–water partition coefficient (Wildman–Crippen LogP) is 6.44. The molecule has 1 atom stereocenters. The van der Waals surface area contributed by atoms with Crippen molar-refractivity contribution in [3.8, 4) is 0 Å². The zero-order chi connectivity index (χ0) is 28.7. The van der Waals surface area contributed by atoms with Gasteiger partial charge in [0.2, 0.25) is 11.8 Å². The van der Waals surface area contributed by atoms with Gasteiger partial charge in [-0.2, -0.15) is 0 Å². The molecular weight excluding hydrogens is 604 g/mol. The number of nitrogens with zero attached hydrogens (tertiary/aromatic N) is 2. The summed E-state index contributed by atoms with van der Waals surface area (Å²) in [4.78, 5) is 28.3. The van der Waals surface area contributed by atoms with E-state index in [1.165, 1.54) is 35.2 Å². The normalized spacial score (nSPS) is 12.1. The zero-order valence-corrected chi connectivity index (χ0v) is 25.0. The van der Waals surface area contributed by atoms with Crippen molar-refractivity contribution in [1.29, 1.82) is 0 Å². The van der Waals surface area contributed by atoms with Gasteiger partial charge in [0.1, 0.15) is 12.6 Å². The number of rotatable bonds is 11. The summed E-state index contributed by atoms with van der Waals surface area (Å²) in [6, 6.07) is 16.0. The summed E-state index contributed by atoms with van der Waals surface area (Å²) in [6.07, 6.45) is 0.262. The summed E-state index contributed by atoms with van der Waals surface area (Å²) in [5.74, 6) is -1.03. The third-order valence-corrected chi connectivity index (χ3v) is 9.16. The predicted molar refractivity (Wildman–Crippen MR) is 157 cm³/mol. The first-order valence-electron chi connectivity index (χ1n) is 12.0. The molecular formula is C27H27Cl4N3O4S. The Labute approximate surface area is 248 Å². The number of sulfonamides is 1. The third kappa shape index (κ3) is 7.38. The molecule has 0 aromatic heterocycles. The number of likely N-dealkylation sites (N-methyl/N-ethyl adjacent to an activating group) is 1. The Bertz CT molecular complexity index is 1420. The molecule has 0 radical (unpaired) electrons. The Hall–Kier alpha value is -2.49. The van der Waals surface area contributed by atoms with Crippen LogP contribution in [0.25, 0.3) is 0 Å². The molecule has 0 fully saturated rings. The summed E-state index contributed by atoms with van der Waals surface area (Å²) in [5.41, 5.74) is 0.562. The number of hydrogen-bond donors (Lipinski definition) is 1. The number of carbonyl (C=O) groups is 2. The molecule has 0 aliphatic carbocycles. The van der Waals surface area contributed by atoms with Crippen LogP contribution in [-0.2, 0) is 26.2 Å².